The van der Waals surface area contributed by atoms with Crippen molar-refractivity contribution < 1.29 is 8.83 Å². The Balaban J connectivity index is 1.63. The van der Waals surface area contributed by atoms with Crippen molar-refractivity contribution in [1.82, 2.24) is 5.32 Å². The maximum Gasteiger partial charge on any atom is 0.137 e. The van der Waals surface area contributed by atoms with E-state index < -0.39 is 0 Å². The van der Waals surface area contributed by atoms with E-state index in [1.54, 1.807) is 18.2 Å². The van der Waals surface area contributed by atoms with Crippen molar-refractivity contribution in [1.29, 1.82) is 0 Å². The molecule has 0 bridgehead atoms. The van der Waals surface area contributed by atoms with Gasteiger partial charge in [0, 0.05) is 46.8 Å². The summed E-state index contributed by atoms with van der Waals surface area (Å²) in [6, 6.07) is 8.15. The van der Waals surface area contributed by atoms with Crippen LogP contribution < -0.4 is 10.0 Å². The average molecular weight is 488 g/mol. The van der Waals surface area contributed by atoms with Crippen LogP contribution in [0.25, 0.3) is 17.0 Å². The maximum absolute atomic E-state index is 6.04. The SMILES string of the molecule is C/C=C\N=C(C/C=C/C)SNc1cc2cc(C)oc2c(C)c1/C=C/C(NCc1ccco1)=C1CC1. The molecular formula is C29H33N3O2S. The minimum absolute atomic E-state index is 0.669. The molecule has 1 aliphatic carbocycles. The van der Waals surface area contributed by atoms with Gasteiger partial charge in [0.15, 0.2) is 0 Å². The summed E-state index contributed by atoms with van der Waals surface area (Å²) in [6.07, 6.45) is 17.1. The molecule has 0 unspecified atom stereocenters. The Hall–Kier alpha value is -3.38. The largest absolute Gasteiger partial charge is 0.467 e. The molecule has 2 heterocycles. The summed E-state index contributed by atoms with van der Waals surface area (Å²) in [5.41, 5.74) is 6.79. The lowest BCUT2D eigenvalue weighted by Gasteiger charge is -2.13. The maximum atomic E-state index is 6.04. The molecule has 0 amide bonds. The van der Waals surface area contributed by atoms with Gasteiger partial charge in [-0.05, 0) is 76.5 Å². The molecule has 4 rings (SSSR count). The van der Waals surface area contributed by atoms with Crippen LogP contribution in [0.3, 0.4) is 0 Å². The molecule has 0 radical (unpaired) electrons. The highest BCUT2D eigenvalue weighted by Gasteiger charge is 2.17. The summed E-state index contributed by atoms with van der Waals surface area (Å²) in [4.78, 5) is 4.59. The Bertz CT molecular complexity index is 1300. The minimum Gasteiger partial charge on any atom is -0.467 e. The molecule has 0 saturated heterocycles. The van der Waals surface area contributed by atoms with Crippen molar-refractivity contribution in [3.63, 3.8) is 0 Å². The molecule has 2 N–H and O–H groups in total. The number of furan rings is 2. The van der Waals surface area contributed by atoms with Crippen molar-refractivity contribution >= 4 is 39.7 Å². The summed E-state index contributed by atoms with van der Waals surface area (Å²) in [5, 5.41) is 5.64. The number of hydrogen-bond donors (Lipinski definition) is 2. The molecule has 35 heavy (non-hydrogen) atoms. The monoisotopic (exact) mass is 487 g/mol. The Kier molecular flexibility index (Phi) is 8.37. The van der Waals surface area contributed by atoms with Gasteiger partial charge in [-0.2, -0.15) is 0 Å². The standard InChI is InChI=1S/C29H33N3O2S/c1-5-7-10-28(30-15-6-2)35-32-27-18-23-17-20(3)34-29(23)21(4)25(27)13-14-26(22-11-12-22)31-19-24-9-8-16-33-24/h5-9,13-18,31-32H,10-12,19H2,1-4H3/b7-5+,14-13+,15-6-,30-28?. The summed E-state index contributed by atoms with van der Waals surface area (Å²) in [6.45, 7) is 8.78. The van der Waals surface area contributed by atoms with Gasteiger partial charge in [0.2, 0.25) is 0 Å². The van der Waals surface area contributed by atoms with Crippen molar-refractivity contribution in [3.05, 3.63) is 95.0 Å². The summed E-state index contributed by atoms with van der Waals surface area (Å²) in [5.74, 6) is 1.83. The Morgan fingerprint density at radius 2 is 2.03 bits per heavy atom. The molecule has 1 saturated carbocycles. The van der Waals surface area contributed by atoms with Gasteiger partial charge in [-0.1, -0.05) is 24.3 Å². The Morgan fingerprint density at radius 1 is 1.17 bits per heavy atom. The predicted molar refractivity (Wildman–Crippen MR) is 149 cm³/mol. The smallest absolute Gasteiger partial charge is 0.137 e. The van der Waals surface area contributed by atoms with E-state index in [9.17, 15) is 0 Å². The van der Waals surface area contributed by atoms with Gasteiger partial charge in [-0.3, -0.25) is 4.99 Å². The summed E-state index contributed by atoms with van der Waals surface area (Å²) >= 11 is 1.55. The molecule has 182 valence electrons. The number of anilines is 1. The van der Waals surface area contributed by atoms with Crippen LogP contribution in [0.2, 0.25) is 0 Å². The second-order valence-electron chi connectivity index (χ2n) is 8.50. The van der Waals surface area contributed by atoms with Crippen LogP contribution in [-0.2, 0) is 6.54 Å². The van der Waals surface area contributed by atoms with Gasteiger partial charge in [0.05, 0.1) is 23.5 Å². The third kappa shape index (κ3) is 6.61. The lowest BCUT2D eigenvalue weighted by Crippen LogP contribution is -2.10. The number of nitrogens with zero attached hydrogens (tertiary/aromatic N) is 1. The van der Waals surface area contributed by atoms with Gasteiger partial charge in [-0.15, -0.1) is 0 Å². The van der Waals surface area contributed by atoms with E-state index in [-0.39, 0.29) is 0 Å². The first-order chi connectivity index (χ1) is 17.1. The highest BCUT2D eigenvalue weighted by Crippen LogP contribution is 2.35. The van der Waals surface area contributed by atoms with E-state index >= 15 is 0 Å². The highest BCUT2D eigenvalue weighted by molar-refractivity contribution is 8.15. The van der Waals surface area contributed by atoms with Crippen molar-refractivity contribution in [2.45, 2.75) is 53.5 Å². The lowest BCUT2D eigenvalue weighted by atomic mass is 10.0. The zero-order valence-electron chi connectivity index (χ0n) is 20.9. The first kappa shape index (κ1) is 24.7. The topological polar surface area (TPSA) is 62.7 Å². The lowest BCUT2D eigenvalue weighted by molar-refractivity contribution is 0.497. The third-order valence-electron chi connectivity index (χ3n) is 5.72. The van der Waals surface area contributed by atoms with Gasteiger partial charge < -0.3 is 18.9 Å². The van der Waals surface area contributed by atoms with Crippen LogP contribution in [0.1, 0.15) is 55.8 Å². The van der Waals surface area contributed by atoms with Gasteiger partial charge in [0.25, 0.3) is 0 Å². The van der Waals surface area contributed by atoms with Crippen LogP contribution in [0, 0.1) is 13.8 Å². The third-order valence-corrected chi connectivity index (χ3v) is 6.55. The molecule has 6 heteroatoms. The van der Waals surface area contributed by atoms with Gasteiger partial charge >= 0.3 is 0 Å². The quantitative estimate of drug-likeness (QED) is 0.130. The molecule has 2 aromatic heterocycles. The molecule has 1 fully saturated rings. The van der Waals surface area contributed by atoms with E-state index in [2.05, 4.69) is 52.3 Å². The van der Waals surface area contributed by atoms with Crippen molar-refractivity contribution in [3.8, 4) is 0 Å². The van der Waals surface area contributed by atoms with Crippen LogP contribution >= 0.6 is 11.9 Å². The summed E-state index contributed by atoms with van der Waals surface area (Å²) in [7, 11) is 0. The number of aryl methyl sites for hydroxylation is 2. The molecule has 5 nitrogen and oxygen atoms in total. The molecular weight excluding hydrogens is 454 g/mol. The Morgan fingerprint density at radius 3 is 2.74 bits per heavy atom. The molecule has 0 atom stereocenters. The van der Waals surface area contributed by atoms with Gasteiger partial charge in [0.1, 0.15) is 17.1 Å². The molecule has 1 aromatic carbocycles. The minimum atomic E-state index is 0.669. The first-order valence-corrected chi connectivity index (χ1v) is 12.8. The number of rotatable bonds is 10. The van der Waals surface area contributed by atoms with E-state index in [1.165, 1.54) is 11.3 Å². The number of hydrogen-bond acceptors (Lipinski definition) is 6. The van der Waals surface area contributed by atoms with E-state index in [1.807, 2.05) is 51.3 Å². The van der Waals surface area contributed by atoms with E-state index in [0.29, 0.717) is 6.54 Å². The fourth-order valence-electron chi connectivity index (χ4n) is 3.80. The number of aliphatic imine (C=N–C) groups is 1. The van der Waals surface area contributed by atoms with E-state index in [0.717, 1.165) is 63.6 Å². The highest BCUT2D eigenvalue weighted by atomic mass is 32.2. The number of nitrogens with one attached hydrogen (secondary N) is 2. The van der Waals surface area contributed by atoms with Crippen molar-refractivity contribution in [2.75, 3.05) is 4.72 Å². The second-order valence-corrected chi connectivity index (χ2v) is 9.38. The number of allylic oxidation sites excluding steroid dienone is 5. The van der Waals surface area contributed by atoms with Crippen LogP contribution in [0.5, 0.6) is 0 Å². The van der Waals surface area contributed by atoms with Crippen LogP contribution in [0.4, 0.5) is 5.69 Å². The zero-order valence-corrected chi connectivity index (χ0v) is 21.7. The molecule has 3 aromatic rings. The van der Waals surface area contributed by atoms with E-state index in [4.69, 9.17) is 8.83 Å². The predicted octanol–water partition coefficient (Wildman–Crippen LogP) is 8.45. The second kappa shape index (κ2) is 11.8. The molecule has 1 aliphatic rings. The fourth-order valence-corrected chi connectivity index (χ4v) is 4.49. The molecule has 0 aliphatic heterocycles. The first-order valence-electron chi connectivity index (χ1n) is 12.0. The van der Waals surface area contributed by atoms with Crippen LogP contribution in [-0.4, -0.2) is 5.04 Å². The average Bonchev–Trinajstić information content (AvgIpc) is 3.42. The normalized spacial score (nSPS) is 14.2. The number of benzene rings is 1. The van der Waals surface area contributed by atoms with Crippen LogP contribution in [0.15, 0.2) is 86.1 Å². The fraction of sp³-hybridized carbons (Fsp3) is 0.276. The number of fused-ring (bicyclic) bond motifs is 1. The zero-order chi connectivity index (χ0) is 24.6. The summed E-state index contributed by atoms with van der Waals surface area (Å²) < 4.78 is 15.1. The van der Waals surface area contributed by atoms with Gasteiger partial charge in [-0.25, -0.2) is 0 Å². The Labute approximate surface area is 211 Å². The van der Waals surface area contributed by atoms with Crippen molar-refractivity contribution in [2.24, 2.45) is 4.99 Å². The molecule has 0 spiro atoms.